The standard InChI is InChI=1S/C11H20N2/c1-2-13(9-8-12)10-11-6-4-3-5-7-11/h4,6-7H,2-3,5,8-10,12H2,1H3. The van der Waals surface area contributed by atoms with Gasteiger partial charge in [0.15, 0.2) is 0 Å². The van der Waals surface area contributed by atoms with E-state index in [4.69, 9.17) is 5.73 Å². The molecule has 0 saturated carbocycles. The molecule has 1 rings (SSSR count). The third kappa shape index (κ3) is 3.75. The van der Waals surface area contributed by atoms with Crippen LogP contribution in [0.1, 0.15) is 19.8 Å². The maximum absolute atomic E-state index is 5.53. The molecule has 2 nitrogen and oxygen atoms in total. The van der Waals surface area contributed by atoms with E-state index in [-0.39, 0.29) is 0 Å². The van der Waals surface area contributed by atoms with E-state index in [0.717, 1.165) is 26.2 Å². The molecule has 0 fully saturated rings. The van der Waals surface area contributed by atoms with Crippen LogP contribution in [0.3, 0.4) is 0 Å². The van der Waals surface area contributed by atoms with E-state index in [1.165, 1.54) is 18.4 Å². The molecule has 0 unspecified atom stereocenters. The third-order valence-electron chi connectivity index (χ3n) is 2.37. The van der Waals surface area contributed by atoms with E-state index in [1.807, 2.05) is 0 Å². The van der Waals surface area contributed by atoms with Gasteiger partial charge in [-0.05, 0) is 25.0 Å². The molecule has 0 heterocycles. The van der Waals surface area contributed by atoms with Crippen molar-refractivity contribution < 1.29 is 0 Å². The number of nitrogens with two attached hydrogens (primary N) is 1. The van der Waals surface area contributed by atoms with Crippen LogP contribution >= 0.6 is 0 Å². The fraction of sp³-hybridized carbons (Fsp3) is 0.636. The smallest absolute Gasteiger partial charge is 0.0230 e. The average molecular weight is 180 g/mol. The first kappa shape index (κ1) is 10.5. The number of allylic oxidation sites excluding steroid dienone is 2. The maximum Gasteiger partial charge on any atom is 0.0230 e. The predicted molar refractivity (Wildman–Crippen MR) is 57.6 cm³/mol. The second-order valence-electron chi connectivity index (χ2n) is 3.42. The summed E-state index contributed by atoms with van der Waals surface area (Å²) in [6, 6.07) is 0. The molecule has 0 aromatic rings. The third-order valence-corrected chi connectivity index (χ3v) is 2.37. The van der Waals surface area contributed by atoms with Gasteiger partial charge in [0, 0.05) is 19.6 Å². The molecule has 0 saturated heterocycles. The molecule has 0 aliphatic heterocycles. The Bertz CT molecular complexity index is 194. The molecule has 1 aliphatic carbocycles. The number of nitrogens with zero attached hydrogens (tertiary/aromatic N) is 1. The predicted octanol–water partition coefficient (Wildman–Crippen LogP) is 1.54. The SMILES string of the molecule is CCN(CCN)CC1=CCCC=C1. The van der Waals surface area contributed by atoms with E-state index < -0.39 is 0 Å². The molecule has 0 bridgehead atoms. The van der Waals surface area contributed by atoms with Gasteiger partial charge < -0.3 is 5.73 Å². The van der Waals surface area contributed by atoms with Crippen LogP contribution in [0.25, 0.3) is 0 Å². The van der Waals surface area contributed by atoms with E-state index in [1.54, 1.807) is 0 Å². The number of rotatable bonds is 5. The highest BCUT2D eigenvalue weighted by molar-refractivity contribution is 5.23. The van der Waals surface area contributed by atoms with Gasteiger partial charge in [0.05, 0.1) is 0 Å². The molecule has 0 radical (unpaired) electrons. The van der Waals surface area contributed by atoms with Crippen molar-refractivity contribution >= 4 is 0 Å². The normalized spacial score (nSPS) is 16.4. The van der Waals surface area contributed by atoms with Gasteiger partial charge in [0.2, 0.25) is 0 Å². The van der Waals surface area contributed by atoms with Crippen molar-refractivity contribution in [1.29, 1.82) is 0 Å². The number of hydrogen-bond donors (Lipinski definition) is 1. The van der Waals surface area contributed by atoms with Crippen LogP contribution in [0.4, 0.5) is 0 Å². The molecule has 0 aromatic heterocycles. The van der Waals surface area contributed by atoms with Crippen molar-refractivity contribution in [2.75, 3.05) is 26.2 Å². The van der Waals surface area contributed by atoms with Crippen molar-refractivity contribution in [2.45, 2.75) is 19.8 Å². The lowest BCUT2D eigenvalue weighted by Gasteiger charge is -2.20. The van der Waals surface area contributed by atoms with Crippen LogP contribution < -0.4 is 5.73 Å². The minimum atomic E-state index is 0.755. The fourth-order valence-electron chi connectivity index (χ4n) is 1.57. The summed E-state index contributed by atoms with van der Waals surface area (Å²) in [6.07, 6.45) is 9.23. The minimum Gasteiger partial charge on any atom is -0.329 e. The van der Waals surface area contributed by atoms with Gasteiger partial charge in [0.1, 0.15) is 0 Å². The molecular weight excluding hydrogens is 160 g/mol. The Kier molecular flexibility index (Phi) is 4.79. The lowest BCUT2D eigenvalue weighted by atomic mass is 10.1. The Labute approximate surface area is 81.1 Å². The summed E-state index contributed by atoms with van der Waals surface area (Å²) >= 11 is 0. The first-order chi connectivity index (χ1) is 6.36. The zero-order valence-electron chi connectivity index (χ0n) is 8.50. The first-order valence-corrected chi connectivity index (χ1v) is 5.14. The van der Waals surface area contributed by atoms with Crippen LogP contribution in [-0.2, 0) is 0 Å². The Hall–Kier alpha value is -0.600. The topological polar surface area (TPSA) is 29.3 Å². The zero-order chi connectivity index (χ0) is 9.52. The molecule has 0 spiro atoms. The second-order valence-corrected chi connectivity index (χ2v) is 3.42. The first-order valence-electron chi connectivity index (χ1n) is 5.14. The maximum atomic E-state index is 5.53. The molecule has 0 atom stereocenters. The van der Waals surface area contributed by atoms with Gasteiger partial charge in [0.25, 0.3) is 0 Å². The molecule has 74 valence electrons. The molecule has 1 aliphatic rings. The molecular formula is C11H20N2. The van der Waals surface area contributed by atoms with Gasteiger partial charge in [-0.3, -0.25) is 4.90 Å². The molecule has 0 aromatic carbocycles. The van der Waals surface area contributed by atoms with Gasteiger partial charge in [-0.1, -0.05) is 25.2 Å². The van der Waals surface area contributed by atoms with Crippen LogP contribution in [-0.4, -0.2) is 31.1 Å². The van der Waals surface area contributed by atoms with Gasteiger partial charge in [-0.15, -0.1) is 0 Å². The summed E-state index contributed by atoms with van der Waals surface area (Å²) in [5, 5.41) is 0. The molecule has 2 heteroatoms. The Morgan fingerprint density at radius 2 is 2.31 bits per heavy atom. The second kappa shape index (κ2) is 5.95. The Morgan fingerprint density at radius 1 is 1.46 bits per heavy atom. The van der Waals surface area contributed by atoms with Crippen LogP contribution in [0.5, 0.6) is 0 Å². The van der Waals surface area contributed by atoms with E-state index in [9.17, 15) is 0 Å². The van der Waals surface area contributed by atoms with E-state index in [0.29, 0.717) is 0 Å². The largest absolute Gasteiger partial charge is 0.329 e. The Morgan fingerprint density at radius 3 is 2.85 bits per heavy atom. The van der Waals surface area contributed by atoms with Crippen molar-refractivity contribution in [3.05, 3.63) is 23.8 Å². The van der Waals surface area contributed by atoms with Gasteiger partial charge >= 0.3 is 0 Å². The average Bonchev–Trinajstić information content (AvgIpc) is 2.19. The monoisotopic (exact) mass is 180 g/mol. The van der Waals surface area contributed by atoms with Crippen molar-refractivity contribution in [3.63, 3.8) is 0 Å². The van der Waals surface area contributed by atoms with Crippen LogP contribution in [0.15, 0.2) is 23.8 Å². The summed E-state index contributed by atoms with van der Waals surface area (Å²) in [7, 11) is 0. The highest BCUT2D eigenvalue weighted by Crippen LogP contribution is 2.10. The van der Waals surface area contributed by atoms with E-state index >= 15 is 0 Å². The van der Waals surface area contributed by atoms with Gasteiger partial charge in [-0.2, -0.15) is 0 Å². The van der Waals surface area contributed by atoms with E-state index in [2.05, 4.69) is 30.1 Å². The van der Waals surface area contributed by atoms with Crippen LogP contribution in [0.2, 0.25) is 0 Å². The van der Waals surface area contributed by atoms with Gasteiger partial charge in [-0.25, -0.2) is 0 Å². The summed E-state index contributed by atoms with van der Waals surface area (Å²) in [6.45, 7) is 6.09. The number of hydrogen-bond acceptors (Lipinski definition) is 2. The fourth-order valence-corrected chi connectivity index (χ4v) is 1.57. The quantitative estimate of drug-likeness (QED) is 0.695. The minimum absolute atomic E-state index is 0.755. The zero-order valence-corrected chi connectivity index (χ0v) is 8.50. The summed E-state index contributed by atoms with van der Waals surface area (Å²) in [5.41, 5.74) is 6.98. The Balaban J connectivity index is 2.36. The van der Waals surface area contributed by atoms with Crippen molar-refractivity contribution in [3.8, 4) is 0 Å². The van der Waals surface area contributed by atoms with Crippen LogP contribution in [0, 0.1) is 0 Å². The van der Waals surface area contributed by atoms with Crippen molar-refractivity contribution in [1.82, 2.24) is 4.90 Å². The number of likely N-dealkylation sites (N-methyl/N-ethyl adjacent to an activating group) is 1. The molecule has 0 amide bonds. The summed E-state index contributed by atoms with van der Waals surface area (Å²) < 4.78 is 0. The molecule has 13 heavy (non-hydrogen) atoms. The highest BCUT2D eigenvalue weighted by atomic mass is 15.1. The highest BCUT2D eigenvalue weighted by Gasteiger charge is 2.03. The summed E-state index contributed by atoms with van der Waals surface area (Å²) in [4.78, 5) is 2.38. The van der Waals surface area contributed by atoms with Crippen molar-refractivity contribution in [2.24, 2.45) is 5.73 Å². The lowest BCUT2D eigenvalue weighted by Crippen LogP contribution is -2.31. The lowest BCUT2D eigenvalue weighted by molar-refractivity contribution is 0.323. The summed E-state index contributed by atoms with van der Waals surface area (Å²) in [5.74, 6) is 0. The molecule has 2 N–H and O–H groups in total.